The molecule has 1 aromatic heterocycles. The highest BCUT2D eigenvalue weighted by Gasteiger charge is 2.37. The van der Waals surface area contributed by atoms with Crippen LogP contribution in [-0.4, -0.2) is 45.7 Å². The van der Waals surface area contributed by atoms with Gasteiger partial charge in [-0.2, -0.15) is 0 Å². The van der Waals surface area contributed by atoms with Crippen molar-refractivity contribution in [3.63, 3.8) is 0 Å². The molecule has 0 atom stereocenters. The van der Waals surface area contributed by atoms with Crippen LogP contribution in [0.1, 0.15) is 61.3 Å². The summed E-state index contributed by atoms with van der Waals surface area (Å²) in [6.07, 6.45) is 5.04. The highest BCUT2D eigenvalue weighted by Crippen LogP contribution is 2.34. The van der Waals surface area contributed by atoms with Crippen LogP contribution in [-0.2, 0) is 4.74 Å². The molecule has 1 aromatic rings. The molecular weight excluding hydrogens is 298 g/mol. The number of piperidine rings is 1. The maximum atomic E-state index is 12.7. The maximum absolute atomic E-state index is 12.7. The normalized spacial score (nSPS) is 21.3. The third-order valence-corrected chi connectivity index (χ3v) is 5.28. The molecule has 0 aliphatic carbocycles. The quantitative estimate of drug-likeness (QED) is 0.786. The average Bonchev–Trinajstić information content (AvgIpc) is 2.97. The fourth-order valence-corrected chi connectivity index (χ4v) is 4.01. The van der Waals surface area contributed by atoms with Crippen LogP contribution in [0.15, 0.2) is 11.6 Å². The Morgan fingerprint density at radius 1 is 1.41 bits per heavy atom. The SMILES string of the molecule is CC1=CC2(CCN(C(=O)c3snnc3C(C)C)CC2)OCC1. The molecule has 2 aliphatic heterocycles. The summed E-state index contributed by atoms with van der Waals surface area (Å²) in [5.41, 5.74) is 2.08. The zero-order chi connectivity index (χ0) is 15.7. The highest BCUT2D eigenvalue weighted by atomic mass is 32.1. The van der Waals surface area contributed by atoms with E-state index in [0.717, 1.165) is 44.7 Å². The monoisotopic (exact) mass is 321 g/mol. The van der Waals surface area contributed by atoms with E-state index in [4.69, 9.17) is 4.74 Å². The third-order valence-electron chi connectivity index (χ3n) is 4.55. The molecule has 3 rings (SSSR count). The van der Waals surface area contributed by atoms with Crippen molar-refractivity contribution in [3.8, 4) is 0 Å². The van der Waals surface area contributed by atoms with E-state index in [0.29, 0.717) is 4.88 Å². The van der Waals surface area contributed by atoms with Crippen molar-refractivity contribution in [3.05, 3.63) is 22.2 Å². The molecule has 2 aliphatic rings. The zero-order valence-corrected chi connectivity index (χ0v) is 14.3. The molecule has 1 spiro atoms. The molecule has 6 heteroatoms. The van der Waals surface area contributed by atoms with Crippen LogP contribution in [0.2, 0.25) is 0 Å². The van der Waals surface area contributed by atoms with E-state index in [1.165, 1.54) is 17.1 Å². The fraction of sp³-hybridized carbons (Fsp3) is 0.688. The molecule has 1 saturated heterocycles. The summed E-state index contributed by atoms with van der Waals surface area (Å²) >= 11 is 1.21. The molecule has 0 bridgehead atoms. The fourth-order valence-electron chi connectivity index (χ4n) is 3.22. The number of carbonyl (C=O) groups is 1. The van der Waals surface area contributed by atoms with Crippen LogP contribution in [0.4, 0.5) is 0 Å². The van der Waals surface area contributed by atoms with Gasteiger partial charge in [0.1, 0.15) is 4.88 Å². The zero-order valence-electron chi connectivity index (χ0n) is 13.5. The van der Waals surface area contributed by atoms with Crippen molar-refractivity contribution in [2.24, 2.45) is 0 Å². The van der Waals surface area contributed by atoms with Crippen molar-refractivity contribution >= 4 is 17.4 Å². The minimum atomic E-state index is -0.147. The van der Waals surface area contributed by atoms with Crippen LogP contribution < -0.4 is 0 Å². The molecule has 0 unspecified atom stereocenters. The summed E-state index contributed by atoms with van der Waals surface area (Å²) in [4.78, 5) is 15.3. The Morgan fingerprint density at radius 3 is 2.77 bits per heavy atom. The van der Waals surface area contributed by atoms with Gasteiger partial charge in [-0.15, -0.1) is 5.10 Å². The second-order valence-electron chi connectivity index (χ2n) is 6.59. The highest BCUT2D eigenvalue weighted by molar-refractivity contribution is 7.08. The van der Waals surface area contributed by atoms with Crippen LogP contribution in [0, 0.1) is 0 Å². The Bertz CT molecular complexity index is 586. The van der Waals surface area contributed by atoms with Gasteiger partial charge in [0.05, 0.1) is 17.9 Å². The summed E-state index contributed by atoms with van der Waals surface area (Å²) in [6.45, 7) is 8.52. The lowest BCUT2D eigenvalue weighted by molar-refractivity contribution is -0.0521. The van der Waals surface area contributed by atoms with Crippen LogP contribution in [0.3, 0.4) is 0 Å². The van der Waals surface area contributed by atoms with Crippen LogP contribution in [0.5, 0.6) is 0 Å². The number of rotatable bonds is 2. The Morgan fingerprint density at radius 2 is 2.14 bits per heavy atom. The number of ether oxygens (including phenoxy) is 1. The van der Waals surface area contributed by atoms with Gasteiger partial charge in [0.15, 0.2) is 0 Å². The molecular formula is C16H23N3O2S. The van der Waals surface area contributed by atoms with Gasteiger partial charge in [-0.3, -0.25) is 4.79 Å². The van der Waals surface area contributed by atoms with Crippen molar-refractivity contribution in [1.82, 2.24) is 14.5 Å². The predicted octanol–water partition coefficient (Wildman–Crippen LogP) is 3.00. The lowest BCUT2D eigenvalue weighted by atomic mass is 9.87. The van der Waals surface area contributed by atoms with Gasteiger partial charge in [-0.25, -0.2) is 0 Å². The number of nitrogens with zero attached hydrogens (tertiary/aromatic N) is 3. The number of aromatic nitrogens is 2. The van der Waals surface area contributed by atoms with Crippen molar-refractivity contribution < 1.29 is 9.53 Å². The lowest BCUT2D eigenvalue weighted by Gasteiger charge is -2.42. The number of hydrogen-bond donors (Lipinski definition) is 0. The van der Waals surface area contributed by atoms with Gasteiger partial charge in [-0.1, -0.05) is 30.0 Å². The number of amides is 1. The largest absolute Gasteiger partial charge is 0.370 e. The average molecular weight is 321 g/mol. The summed E-state index contributed by atoms with van der Waals surface area (Å²) in [7, 11) is 0. The Balaban J connectivity index is 1.70. The van der Waals surface area contributed by atoms with E-state index in [-0.39, 0.29) is 17.4 Å². The number of likely N-dealkylation sites (tertiary alicyclic amines) is 1. The van der Waals surface area contributed by atoms with Gasteiger partial charge < -0.3 is 9.64 Å². The van der Waals surface area contributed by atoms with Gasteiger partial charge in [0.2, 0.25) is 0 Å². The molecule has 0 saturated carbocycles. The first-order valence-corrected chi connectivity index (χ1v) is 8.72. The summed E-state index contributed by atoms with van der Waals surface area (Å²) in [5, 5.41) is 4.11. The molecule has 120 valence electrons. The van der Waals surface area contributed by atoms with Gasteiger partial charge in [0, 0.05) is 13.1 Å². The first kappa shape index (κ1) is 15.6. The van der Waals surface area contributed by atoms with Crippen molar-refractivity contribution in [2.75, 3.05) is 19.7 Å². The Labute approximate surface area is 135 Å². The van der Waals surface area contributed by atoms with Crippen LogP contribution in [0.25, 0.3) is 0 Å². The molecule has 0 radical (unpaired) electrons. The van der Waals surface area contributed by atoms with Gasteiger partial charge in [-0.05, 0) is 43.6 Å². The van der Waals surface area contributed by atoms with Crippen LogP contribution >= 0.6 is 11.5 Å². The molecule has 0 N–H and O–H groups in total. The lowest BCUT2D eigenvalue weighted by Crippen LogP contribution is -2.48. The van der Waals surface area contributed by atoms with Gasteiger partial charge in [0.25, 0.3) is 5.91 Å². The molecule has 22 heavy (non-hydrogen) atoms. The topological polar surface area (TPSA) is 55.3 Å². The Kier molecular flexibility index (Phi) is 4.32. The summed E-state index contributed by atoms with van der Waals surface area (Å²) < 4.78 is 9.98. The summed E-state index contributed by atoms with van der Waals surface area (Å²) in [6, 6.07) is 0. The van der Waals surface area contributed by atoms with E-state index in [2.05, 4.69) is 22.6 Å². The number of carbonyl (C=O) groups excluding carboxylic acids is 1. The van der Waals surface area contributed by atoms with E-state index in [9.17, 15) is 4.79 Å². The second-order valence-corrected chi connectivity index (χ2v) is 7.34. The predicted molar refractivity (Wildman–Crippen MR) is 86.2 cm³/mol. The molecule has 1 amide bonds. The van der Waals surface area contributed by atoms with E-state index < -0.39 is 0 Å². The first-order chi connectivity index (χ1) is 10.5. The Hall–Kier alpha value is -1.27. The number of hydrogen-bond acceptors (Lipinski definition) is 5. The third kappa shape index (κ3) is 2.94. The first-order valence-electron chi connectivity index (χ1n) is 7.94. The molecule has 5 nitrogen and oxygen atoms in total. The van der Waals surface area contributed by atoms with Gasteiger partial charge >= 0.3 is 0 Å². The minimum Gasteiger partial charge on any atom is -0.370 e. The minimum absolute atomic E-state index is 0.0741. The van der Waals surface area contributed by atoms with E-state index in [1.54, 1.807) is 0 Å². The summed E-state index contributed by atoms with van der Waals surface area (Å²) in [5.74, 6) is 0.297. The molecule has 0 aromatic carbocycles. The van der Waals surface area contributed by atoms with E-state index in [1.807, 2.05) is 18.7 Å². The van der Waals surface area contributed by atoms with Crippen molar-refractivity contribution in [2.45, 2.75) is 51.6 Å². The standard InChI is InChI=1S/C16H23N3O2S/c1-11(2)13-14(22-18-17-13)15(20)19-7-5-16(6-8-19)10-12(3)4-9-21-16/h10-11H,4-9H2,1-3H3. The smallest absolute Gasteiger partial charge is 0.267 e. The van der Waals surface area contributed by atoms with E-state index >= 15 is 0 Å². The second kappa shape index (κ2) is 6.08. The molecule has 1 fully saturated rings. The molecule has 3 heterocycles. The maximum Gasteiger partial charge on any atom is 0.267 e. The van der Waals surface area contributed by atoms with Crippen molar-refractivity contribution in [1.29, 1.82) is 0 Å².